The van der Waals surface area contributed by atoms with E-state index in [1.807, 2.05) is 6.92 Å². The van der Waals surface area contributed by atoms with Crippen molar-refractivity contribution in [1.82, 2.24) is 14.4 Å². The van der Waals surface area contributed by atoms with Gasteiger partial charge in [-0.25, -0.2) is 14.8 Å². The second-order valence-corrected chi connectivity index (χ2v) is 4.05. The maximum atomic E-state index is 11.7. The third-order valence-corrected chi connectivity index (χ3v) is 2.98. The lowest BCUT2D eigenvalue weighted by atomic mass is 10.4. The molecule has 0 aliphatic carbocycles. The van der Waals surface area contributed by atoms with Gasteiger partial charge in [0.1, 0.15) is 0 Å². The molecule has 0 spiro atoms. The Morgan fingerprint density at radius 3 is 2.88 bits per heavy atom. The number of esters is 1. The molecule has 2 rings (SSSR count). The minimum absolute atomic E-state index is 0.340. The molecule has 0 unspecified atom stereocenters. The van der Waals surface area contributed by atoms with Crippen LogP contribution in [0.2, 0.25) is 0 Å². The second kappa shape index (κ2) is 4.21. The van der Waals surface area contributed by atoms with Crippen LogP contribution in [-0.2, 0) is 4.74 Å². The number of rotatable bonds is 2. The molecule has 16 heavy (non-hydrogen) atoms. The van der Waals surface area contributed by atoms with Crippen molar-refractivity contribution in [2.45, 2.75) is 13.8 Å². The molecule has 5 nitrogen and oxygen atoms in total. The fraction of sp³-hybridized carbons (Fsp3) is 0.300. The first-order valence-corrected chi connectivity index (χ1v) is 5.60. The lowest BCUT2D eigenvalue weighted by Crippen LogP contribution is -2.10. The summed E-state index contributed by atoms with van der Waals surface area (Å²) >= 11 is 3.36. The molecule has 0 saturated heterocycles. The number of carbonyl (C=O) groups excluding carboxylic acids is 1. The summed E-state index contributed by atoms with van der Waals surface area (Å²) in [5.74, 6) is 0.0988. The van der Waals surface area contributed by atoms with Gasteiger partial charge in [-0.05, 0) is 29.8 Å². The van der Waals surface area contributed by atoms with Crippen molar-refractivity contribution >= 4 is 27.7 Å². The molecule has 2 aromatic heterocycles. The smallest absolute Gasteiger partial charge is 0.357 e. The molecule has 0 fully saturated rings. The summed E-state index contributed by atoms with van der Waals surface area (Å²) in [5.41, 5.74) is 1.26. The van der Waals surface area contributed by atoms with Crippen molar-refractivity contribution in [1.29, 1.82) is 0 Å². The highest BCUT2D eigenvalue weighted by Gasteiger charge is 2.16. The summed E-state index contributed by atoms with van der Waals surface area (Å²) in [6, 6.07) is 0. The van der Waals surface area contributed by atoms with Gasteiger partial charge in [0.15, 0.2) is 5.69 Å². The third-order valence-electron chi connectivity index (χ3n) is 2.20. The number of aromatic nitrogens is 3. The topological polar surface area (TPSA) is 56.5 Å². The highest BCUT2D eigenvalue weighted by molar-refractivity contribution is 9.10. The molecule has 0 bridgehead atoms. The van der Waals surface area contributed by atoms with Crippen LogP contribution < -0.4 is 0 Å². The van der Waals surface area contributed by atoms with Crippen molar-refractivity contribution in [3.63, 3.8) is 0 Å². The fourth-order valence-corrected chi connectivity index (χ4v) is 1.71. The number of halogens is 1. The Morgan fingerprint density at radius 1 is 1.50 bits per heavy atom. The van der Waals surface area contributed by atoms with E-state index in [9.17, 15) is 4.79 Å². The van der Waals surface area contributed by atoms with Crippen LogP contribution in [0.5, 0.6) is 0 Å². The van der Waals surface area contributed by atoms with Crippen molar-refractivity contribution in [2.24, 2.45) is 0 Å². The number of aryl methyl sites for hydroxylation is 1. The molecule has 6 heteroatoms. The Hall–Kier alpha value is -1.43. The number of carbonyl (C=O) groups is 1. The summed E-state index contributed by atoms with van der Waals surface area (Å²) in [6.07, 6.45) is 3.13. The quantitative estimate of drug-likeness (QED) is 0.791. The summed E-state index contributed by atoms with van der Waals surface area (Å²) in [4.78, 5) is 19.8. The third kappa shape index (κ3) is 1.69. The lowest BCUT2D eigenvalue weighted by Gasteiger charge is -2.05. The summed E-state index contributed by atoms with van der Waals surface area (Å²) in [5, 5.41) is 0. The molecule has 0 saturated carbocycles. The van der Waals surface area contributed by atoms with Gasteiger partial charge < -0.3 is 4.74 Å². The number of nitrogens with zero attached hydrogens (tertiary/aromatic N) is 3. The molecule has 0 N–H and O–H groups in total. The minimum atomic E-state index is -0.391. The monoisotopic (exact) mass is 283 g/mol. The van der Waals surface area contributed by atoms with Gasteiger partial charge in [-0.2, -0.15) is 0 Å². The zero-order chi connectivity index (χ0) is 11.7. The predicted molar refractivity (Wildman–Crippen MR) is 61.4 cm³/mol. The summed E-state index contributed by atoms with van der Waals surface area (Å²) in [6.45, 7) is 3.98. The minimum Gasteiger partial charge on any atom is -0.461 e. The molecule has 0 aliphatic rings. The van der Waals surface area contributed by atoms with E-state index >= 15 is 0 Å². The Bertz CT molecular complexity index is 550. The predicted octanol–water partition coefficient (Wildman–Crippen LogP) is 1.98. The highest BCUT2D eigenvalue weighted by Crippen LogP contribution is 2.17. The molecule has 0 aromatic carbocycles. The van der Waals surface area contributed by atoms with Gasteiger partial charge in [0, 0.05) is 11.9 Å². The van der Waals surface area contributed by atoms with Gasteiger partial charge in [-0.3, -0.25) is 4.40 Å². The first-order chi connectivity index (χ1) is 7.65. The molecule has 2 heterocycles. The summed E-state index contributed by atoms with van der Waals surface area (Å²) < 4.78 is 7.44. The van der Waals surface area contributed by atoms with Gasteiger partial charge in [-0.15, -0.1) is 0 Å². The first kappa shape index (κ1) is 11.1. The molecular weight excluding hydrogens is 274 g/mol. The van der Waals surface area contributed by atoms with Crippen LogP contribution in [0.25, 0.3) is 5.78 Å². The van der Waals surface area contributed by atoms with Crippen LogP contribution in [0.3, 0.4) is 0 Å². The summed E-state index contributed by atoms with van der Waals surface area (Å²) in [7, 11) is 0. The van der Waals surface area contributed by atoms with E-state index in [-0.39, 0.29) is 0 Å². The number of hydrogen-bond donors (Lipinski definition) is 0. The van der Waals surface area contributed by atoms with Gasteiger partial charge >= 0.3 is 5.97 Å². The van der Waals surface area contributed by atoms with E-state index in [1.54, 1.807) is 17.5 Å². The van der Waals surface area contributed by atoms with Crippen LogP contribution in [-0.4, -0.2) is 26.9 Å². The average Bonchev–Trinajstić information content (AvgIpc) is 2.68. The van der Waals surface area contributed by atoms with Crippen LogP contribution in [0, 0.1) is 6.92 Å². The molecule has 0 radical (unpaired) electrons. The van der Waals surface area contributed by atoms with E-state index in [0.717, 1.165) is 10.2 Å². The first-order valence-electron chi connectivity index (χ1n) is 4.80. The molecule has 0 amide bonds. The number of hydrogen-bond acceptors (Lipinski definition) is 4. The van der Waals surface area contributed by atoms with Crippen LogP contribution >= 0.6 is 15.9 Å². The van der Waals surface area contributed by atoms with Crippen molar-refractivity contribution in [3.8, 4) is 0 Å². The maximum absolute atomic E-state index is 11.7. The maximum Gasteiger partial charge on any atom is 0.357 e. The van der Waals surface area contributed by atoms with E-state index in [2.05, 4.69) is 25.9 Å². The normalized spacial score (nSPS) is 10.7. The number of fused-ring (bicyclic) bond motifs is 1. The van der Waals surface area contributed by atoms with E-state index < -0.39 is 5.97 Å². The van der Waals surface area contributed by atoms with Crippen molar-refractivity contribution in [3.05, 3.63) is 28.3 Å². The molecule has 0 aliphatic heterocycles. The SMILES string of the molecule is CCOC(=O)c1cnc2ncc(Br)c(C)n12. The Labute approximate surface area is 101 Å². The fourth-order valence-electron chi connectivity index (χ4n) is 1.43. The number of ether oxygens (including phenoxy) is 1. The molecule has 0 atom stereocenters. The molecular formula is C10H10BrN3O2. The lowest BCUT2D eigenvalue weighted by molar-refractivity contribution is 0.0518. The highest BCUT2D eigenvalue weighted by atomic mass is 79.9. The average molecular weight is 284 g/mol. The van der Waals surface area contributed by atoms with Gasteiger partial charge in [0.25, 0.3) is 0 Å². The largest absolute Gasteiger partial charge is 0.461 e. The van der Waals surface area contributed by atoms with E-state index in [4.69, 9.17) is 4.74 Å². The van der Waals surface area contributed by atoms with Crippen molar-refractivity contribution in [2.75, 3.05) is 6.61 Å². The standard InChI is InChI=1S/C10H10BrN3O2/c1-3-16-9(15)8-5-13-10-12-4-7(11)6(2)14(8)10/h4-5H,3H2,1-2H3. The zero-order valence-electron chi connectivity index (χ0n) is 8.90. The second-order valence-electron chi connectivity index (χ2n) is 3.19. The van der Waals surface area contributed by atoms with E-state index in [0.29, 0.717) is 18.1 Å². The van der Waals surface area contributed by atoms with Crippen LogP contribution in [0.15, 0.2) is 16.9 Å². The number of imidazole rings is 1. The van der Waals surface area contributed by atoms with Gasteiger partial charge in [0.05, 0.1) is 17.3 Å². The van der Waals surface area contributed by atoms with E-state index in [1.165, 1.54) is 6.20 Å². The Kier molecular flexibility index (Phi) is 2.91. The van der Waals surface area contributed by atoms with Gasteiger partial charge in [0.2, 0.25) is 5.78 Å². The van der Waals surface area contributed by atoms with Crippen LogP contribution in [0.4, 0.5) is 0 Å². The van der Waals surface area contributed by atoms with Crippen molar-refractivity contribution < 1.29 is 9.53 Å². The molecule has 2 aromatic rings. The van der Waals surface area contributed by atoms with Crippen LogP contribution in [0.1, 0.15) is 23.1 Å². The zero-order valence-corrected chi connectivity index (χ0v) is 10.5. The Balaban J connectivity index is 2.63. The Morgan fingerprint density at radius 2 is 2.19 bits per heavy atom. The van der Waals surface area contributed by atoms with Gasteiger partial charge in [-0.1, -0.05) is 0 Å². The molecule has 84 valence electrons.